The van der Waals surface area contributed by atoms with Crippen molar-refractivity contribution in [1.82, 2.24) is 0 Å². The number of phenolic OH excluding ortho intramolecular Hbond substituents is 1. The normalized spacial score (nSPS) is 11.6. The molecule has 28 heavy (non-hydrogen) atoms. The summed E-state index contributed by atoms with van der Waals surface area (Å²) in [6.07, 6.45) is 0.868. The van der Waals surface area contributed by atoms with Crippen molar-refractivity contribution in [3.05, 3.63) is 95.6 Å². The quantitative estimate of drug-likeness (QED) is 0.516. The van der Waals surface area contributed by atoms with Crippen molar-refractivity contribution in [2.45, 2.75) is 18.9 Å². The molecule has 5 nitrogen and oxygen atoms in total. The first-order valence-electron chi connectivity index (χ1n) is 9.00. The van der Waals surface area contributed by atoms with Crippen molar-refractivity contribution in [2.75, 3.05) is 5.32 Å². The molecule has 3 rings (SSSR count). The molecule has 0 aliphatic heterocycles. The van der Waals surface area contributed by atoms with E-state index in [2.05, 4.69) is 5.32 Å². The summed E-state index contributed by atoms with van der Waals surface area (Å²) in [5.74, 6) is -0.975. The average molecular weight is 375 g/mol. The minimum atomic E-state index is -0.985. The first kappa shape index (κ1) is 19.2. The number of carboxylic acids is 1. The molecule has 0 aliphatic rings. The van der Waals surface area contributed by atoms with E-state index in [-0.39, 0.29) is 11.5 Å². The second kappa shape index (κ2) is 8.86. The monoisotopic (exact) mass is 375 g/mol. The highest BCUT2D eigenvalue weighted by atomic mass is 16.4. The van der Waals surface area contributed by atoms with Crippen LogP contribution in [-0.4, -0.2) is 28.0 Å². The van der Waals surface area contributed by atoms with Gasteiger partial charge in [-0.3, -0.25) is 4.79 Å². The number of aromatic hydroxyl groups is 1. The molecule has 0 saturated heterocycles. The number of carbonyl (C=O) groups excluding carboxylic acids is 1. The van der Waals surface area contributed by atoms with E-state index >= 15 is 0 Å². The summed E-state index contributed by atoms with van der Waals surface area (Å²) in [6.45, 7) is 0. The van der Waals surface area contributed by atoms with Gasteiger partial charge < -0.3 is 15.5 Å². The fourth-order valence-corrected chi connectivity index (χ4v) is 2.97. The number of carboxylic acid groups (broad SMARTS) is 1. The molecule has 0 fully saturated rings. The summed E-state index contributed by atoms with van der Waals surface area (Å²) in [4.78, 5) is 24.6. The van der Waals surface area contributed by atoms with Gasteiger partial charge in [0.2, 0.25) is 0 Å². The zero-order valence-corrected chi connectivity index (χ0v) is 15.2. The number of anilines is 1. The SMILES string of the molecule is O=C(c1ccccc1)c1ccccc1N[C@@H](CCc1ccc(O)cc1)C(=O)O. The zero-order valence-electron chi connectivity index (χ0n) is 15.2. The highest BCUT2D eigenvalue weighted by molar-refractivity contribution is 6.12. The topological polar surface area (TPSA) is 86.6 Å². The molecule has 0 aliphatic carbocycles. The van der Waals surface area contributed by atoms with Crippen LogP contribution in [0, 0.1) is 0 Å². The number of benzene rings is 3. The molecule has 5 heteroatoms. The molecule has 0 aromatic heterocycles. The summed E-state index contributed by atoms with van der Waals surface area (Å²) in [5.41, 5.74) is 2.41. The van der Waals surface area contributed by atoms with Gasteiger partial charge in [-0.2, -0.15) is 0 Å². The van der Waals surface area contributed by atoms with Gasteiger partial charge in [-0.05, 0) is 42.7 Å². The molecule has 0 heterocycles. The van der Waals surface area contributed by atoms with Gasteiger partial charge >= 0.3 is 5.97 Å². The van der Waals surface area contributed by atoms with Crippen molar-refractivity contribution in [3.8, 4) is 5.75 Å². The van der Waals surface area contributed by atoms with Crippen LogP contribution in [0.15, 0.2) is 78.9 Å². The molecule has 0 radical (unpaired) electrons. The number of ketones is 1. The van der Waals surface area contributed by atoms with E-state index < -0.39 is 12.0 Å². The first-order chi connectivity index (χ1) is 13.5. The maximum absolute atomic E-state index is 12.8. The van der Waals surface area contributed by atoms with Crippen molar-refractivity contribution >= 4 is 17.4 Å². The Bertz CT molecular complexity index is 952. The van der Waals surface area contributed by atoms with Crippen molar-refractivity contribution in [2.24, 2.45) is 0 Å². The van der Waals surface area contributed by atoms with Crippen LogP contribution < -0.4 is 5.32 Å². The third-order valence-corrected chi connectivity index (χ3v) is 4.49. The third kappa shape index (κ3) is 4.76. The molecule has 3 aromatic rings. The number of rotatable bonds is 8. The van der Waals surface area contributed by atoms with Crippen molar-refractivity contribution in [1.29, 1.82) is 0 Å². The van der Waals surface area contributed by atoms with E-state index in [0.717, 1.165) is 5.56 Å². The van der Waals surface area contributed by atoms with E-state index in [9.17, 15) is 19.8 Å². The predicted molar refractivity (Wildman–Crippen MR) is 108 cm³/mol. The average Bonchev–Trinajstić information content (AvgIpc) is 2.72. The van der Waals surface area contributed by atoms with E-state index in [1.54, 1.807) is 72.8 Å². The van der Waals surface area contributed by atoms with E-state index in [4.69, 9.17) is 0 Å². The second-order valence-corrected chi connectivity index (χ2v) is 6.48. The highest BCUT2D eigenvalue weighted by Gasteiger charge is 2.20. The van der Waals surface area contributed by atoms with Crippen LogP contribution in [0.2, 0.25) is 0 Å². The molecular formula is C23H21NO4. The lowest BCUT2D eigenvalue weighted by Gasteiger charge is -2.18. The smallest absolute Gasteiger partial charge is 0.326 e. The molecule has 0 bridgehead atoms. The molecule has 3 aromatic carbocycles. The van der Waals surface area contributed by atoms with E-state index in [1.165, 1.54) is 0 Å². The molecule has 142 valence electrons. The molecular weight excluding hydrogens is 354 g/mol. The van der Waals surface area contributed by atoms with Crippen LogP contribution in [0.25, 0.3) is 0 Å². The Kier molecular flexibility index (Phi) is 6.07. The maximum atomic E-state index is 12.8. The Balaban J connectivity index is 1.77. The van der Waals surface area contributed by atoms with Crippen LogP contribution in [0.4, 0.5) is 5.69 Å². The van der Waals surface area contributed by atoms with Crippen molar-refractivity contribution in [3.63, 3.8) is 0 Å². The molecule has 0 saturated carbocycles. The van der Waals surface area contributed by atoms with Gasteiger partial charge in [0.15, 0.2) is 5.78 Å². The van der Waals surface area contributed by atoms with E-state index in [0.29, 0.717) is 29.7 Å². The van der Waals surface area contributed by atoms with Crippen LogP contribution in [0.1, 0.15) is 27.9 Å². The summed E-state index contributed by atoms with van der Waals surface area (Å²) in [6, 6.07) is 21.7. The van der Waals surface area contributed by atoms with Gasteiger partial charge in [0, 0.05) is 16.8 Å². The van der Waals surface area contributed by atoms with Gasteiger partial charge in [-0.15, -0.1) is 0 Å². The lowest BCUT2D eigenvalue weighted by molar-refractivity contribution is -0.138. The van der Waals surface area contributed by atoms with Gasteiger partial charge in [-0.1, -0.05) is 54.6 Å². The van der Waals surface area contributed by atoms with Crippen LogP contribution >= 0.6 is 0 Å². The summed E-state index contributed by atoms with van der Waals surface area (Å²) in [7, 11) is 0. The molecule has 0 amide bonds. The highest BCUT2D eigenvalue weighted by Crippen LogP contribution is 2.21. The number of para-hydroxylation sites is 1. The fourth-order valence-electron chi connectivity index (χ4n) is 2.97. The number of hydrogen-bond acceptors (Lipinski definition) is 4. The summed E-state index contributed by atoms with van der Waals surface area (Å²) >= 11 is 0. The second-order valence-electron chi connectivity index (χ2n) is 6.48. The van der Waals surface area contributed by atoms with Crippen LogP contribution in [-0.2, 0) is 11.2 Å². The number of nitrogens with one attached hydrogen (secondary N) is 1. The lowest BCUT2D eigenvalue weighted by atomic mass is 10.00. The number of aryl methyl sites for hydroxylation is 1. The predicted octanol–water partition coefficient (Wildman–Crippen LogP) is 4.12. The fraction of sp³-hybridized carbons (Fsp3) is 0.130. The standard InChI is InChI=1S/C23H21NO4/c25-18-13-10-16(11-14-18)12-15-21(23(27)28)24-20-9-5-4-8-19(20)22(26)17-6-2-1-3-7-17/h1-11,13-14,21,24-25H,12,15H2,(H,27,28)/t21-/m0/s1. The summed E-state index contributed by atoms with van der Waals surface area (Å²) < 4.78 is 0. The van der Waals surface area contributed by atoms with Crippen LogP contribution in [0.5, 0.6) is 5.75 Å². The zero-order chi connectivity index (χ0) is 19.9. The minimum Gasteiger partial charge on any atom is -0.508 e. The van der Waals surface area contributed by atoms with Gasteiger partial charge in [0.25, 0.3) is 0 Å². The Labute approximate surface area is 163 Å². The van der Waals surface area contributed by atoms with Gasteiger partial charge in [0.05, 0.1) is 0 Å². The lowest BCUT2D eigenvalue weighted by Crippen LogP contribution is -2.30. The number of carbonyl (C=O) groups is 2. The Morgan fingerprint density at radius 2 is 1.50 bits per heavy atom. The molecule has 1 atom stereocenters. The molecule has 0 spiro atoms. The minimum absolute atomic E-state index is 0.161. The number of hydrogen-bond donors (Lipinski definition) is 3. The van der Waals surface area contributed by atoms with Crippen molar-refractivity contribution < 1.29 is 19.8 Å². The van der Waals surface area contributed by atoms with Crippen LogP contribution in [0.3, 0.4) is 0 Å². The Hall–Kier alpha value is -3.60. The Morgan fingerprint density at radius 3 is 2.18 bits per heavy atom. The third-order valence-electron chi connectivity index (χ3n) is 4.49. The largest absolute Gasteiger partial charge is 0.508 e. The number of aliphatic carboxylic acids is 1. The molecule has 0 unspecified atom stereocenters. The number of phenols is 1. The Morgan fingerprint density at radius 1 is 0.857 bits per heavy atom. The first-order valence-corrected chi connectivity index (χ1v) is 9.00. The van der Waals surface area contributed by atoms with E-state index in [1.807, 2.05) is 6.07 Å². The van der Waals surface area contributed by atoms with Gasteiger partial charge in [-0.25, -0.2) is 4.79 Å². The molecule has 3 N–H and O–H groups in total. The van der Waals surface area contributed by atoms with Gasteiger partial charge in [0.1, 0.15) is 11.8 Å². The summed E-state index contributed by atoms with van der Waals surface area (Å²) in [5, 5.41) is 22.0. The maximum Gasteiger partial charge on any atom is 0.326 e.